The molecule has 3 unspecified atom stereocenters. The summed E-state index contributed by atoms with van der Waals surface area (Å²) >= 11 is 3.78. The van der Waals surface area contributed by atoms with Crippen molar-refractivity contribution < 1.29 is 0 Å². The van der Waals surface area contributed by atoms with E-state index in [4.69, 9.17) is 4.99 Å². The fourth-order valence-electron chi connectivity index (χ4n) is 9.22. The Morgan fingerprint density at radius 2 is 1.30 bits per heavy atom. The minimum absolute atomic E-state index is 0.00220. The van der Waals surface area contributed by atoms with Gasteiger partial charge in [0, 0.05) is 62.7 Å². The number of amidine groups is 1. The van der Waals surface area contributed by atoms with E-state index in [1.54, 1.807) is 0 Å². The Morgan fingerprint density at radius 3 is 2.05 bits per heavy atom. The van der Waals surface area contributed by atoms with E-state index >= 15 is 0 Å². The minimum atomic E-state index is -0.0320. The third kappa shape index (κ3) is 5.54. The highest BCUT2D eigenvalue weighted by Gasteiger charge is 2.30. The van der Waals surface area contributed by atoms with Gasteiger partial charge in [0.2, 0.25) is 0 Å². The van der Waals surface area contributed by atoms with E-state index in [2.05, 4.69) is 179 Å². The number of allylic oxidation sites excluding steroid dienone is 2. The van der Waals surface area contributed by atoms with Crippen LogP contribution in [-0.2, 0) is 0 Å². The standard InChI is InChI=1S/C51H38N4S2/c1-3-11-31(12-4-1)49-52-50(32-13-5-2-6-14-32)54-51(53-49)35-19-23-39-40-27-33(20-24-45(40)57-48(39)29-35)34-21-25-46-41(28-34)42-30-36(22-26-47(42)56-46)55-43-17-9-7-15-37(43)38-16-8-10-18-44(38)55/h1,3-5,7-18,20-30,35,49,51,53H,2,6,19H2,(H,52,54). The summed E-state index contributed by atoms with van der Waals surface area (Å²) < 4.78 is 7.73. The molecule has 12 rings (SSSR count). The average molecular weight is 771 g/mol. The summed E-state index contributed by atoms with van der Waals surface area (Å²) in [5.41, 5.74) is 8.60. The second-order valence-corrected chi connectivity index (χ2v) is 17.6. The van der Waals surface area contributed by atoms with Crippen LogP contribution in [0.2, 0.25) is 0 Å². The van der Waals surface area contributed by atoms with Gasteiger partial charge in [0.1, 0.15) is 18.2 Å². The number of hydrogen-bond donors (Lipinski definition) is 2. The number of para-hydroxylation sites is 2. The lowest BCUT2D eigenvalue weighted by atomic mass is 9.94. The number of aliphatic imine (C=N–C) groups is 1. The van der Waals surface area contributed by atoms with Gasteiger partial charge in [0.25, 0.3) is 0 Å². The molecule has 4 nitrogen and oxygen atoms in total. The maximum Gasteiger partial charge on any atom is 0.131 e. The van der Waals surface area contributed by atoms with Crippen LogP contribution >= 0.6 is 22.7 Å². The quantitative estimate of drug-likeness (QED) is 0.183. The van der Waals surface area contributed by atoms with Crippen molar-refractivity contribution in [2.24, 2.45) is 10.9 Å². The highest BCUT2D eigenvalue weighted by atomic mass is 32.1. The Balaban J connectivity index is 0.909. The number of hydrogen-bond acceptors (Lipinski definition) is 5. The molecule has 274 valence electrons. The van der Waals surface area contributed by atoms with Gasteiger partial charge in [-0.1, -0.05) is 109 Å². The molecular weight excluding hydrogens is 733 g/mol. The molecule has 2 N–H and O–H groups in total. The van der Waals surface area contributed by atoms with Crippen molar-refractivity contribution in [1.29, 1.82) is 0 Å². The summed E-state index contributed by atoms with van der Waals surface area (Å²) in [5, 5.41) is 15.5. The summed E-state index contributed by atoms with van der Waals surface area (Å²) in [6.07, 6.45) is 14.8. The van der Waals surface area contributed by atoms with Crippen molar-refractivity contribution in [2.75, 3.05) is 0 Å². The van der Waals surface area contributed by atoms with Crippen LogP contribution in [0.1, 0.15) is 31.0 Å². The van der Waals surface area contributed by atoms with E-state index in [1.807, 2.05) is 22.7 Å². The zero-order valence-corrected chi connectivity index (χ0v) is 32.8. The summed E-state index contributed by atoms with van der Waals surface area (Å²) in [5.74, 6) is 1.24. The van der Waals surface area contributed by atoms with Gasteiger partial charge >= 0.3 is 0 Å². The zero-order chi connectivity index (χ0) is 37.5. The van der Waals surface area contributed by atoms with Gasteiger partial charge in [0.15, 0.2) is 0 Å². The number of thiophene rings is 2. The molecule has 3 aromatic heterocycles. The SMILES string of the molecule is C1=CC(C2=NC(C3C=c4sc5ccc(-c6ccc7sc8ccc(-n9c%10ccccc%10c%10ccccc%109)cc8c7c6)cc5c4=CC3)NC(c3ccccc3)N2)=CCC1. The van der Waals surface area contributed by atoms with Crippen molar-refractivity contribution in [1.82, 2.24) is 15.2 Å². The van der Waals surface area contributed by atoms with Crippen LogP contribution in [0, 0.1) is 5.92 Å². The van der Waals surface area contributed by atoms with Crippen molar-refractivity contribution in [3.05, 3.63) is 173 Å². The molecule has 0 radical (unpaired) electrons. The molecule has 0 amide bonds. The highest BCUT2D eigenvalue weighted by molar-refractivity contribution is 7.25. The van der Waals surface area contributed by atoms with E-state index in [0.717, 1.165) is 25.1 Å². The lowest BCUT2D eigenvalue weighted by molar-refractivity contribution is 0.351. The number of fused-ring (bicyclic) bond motifs is 9. The van der Waals surface area contributed by atoms with E-state index < -0.39 is 0 Å². The van der Waals surface area contributed by atoms with Crippen LogP contribution in [0.25, 0.3) is 81.0 Å². The Bertz CT molecular complexity index is 3250. The number of aromatic nitrogens is 1. The van der Waals surface area contributed by atoms with Gasteiger partial charge < -0.3 is 9.88 Å². The molecule has 1 aliphatic heterocycles. The van der Waals surface area contributed by atoms with Crippen LogP contribution in [0.4, 0.5) is 0 Å². The maximum atomic E-state index is 5.30. The van der Waals surface area contributed by atoms with E-state index in [-0.39, 0.29) is 18.2 Å². The fraction of sp³-hybridized carbons (Fsp3) is 0.118. The van der Waals surface area contributed by atoms with E-state index in [0.29, 0.717) is 0 Å². The second-order valence-electron chi connectivity index (χ2n) is 15.4. The van der Waals surface area contributed by atoms with E-state index in [9.17, 15) is 0 Å². The highest BCUT2D eigenvalue weighted by Crippen LogP contribution is 2.40. The Kier molecular flexibility index (Phi) is 7.71. The lowest BCUT2D eigenvalue weighted by Gasteiger charge is -2.35. The van der Waals surface area contributed by atoms with Crippen LogP contribution in [0.3, 0.4) is 0 Å². The molecule has 9 aromatic rings. The monoisotopic (exact) mass is 770 g/mol. The summed E-state index contributed by atoms with van der Waals surface area (Å²) in [6.45, 7) is 0. The molecule has 0 spiro atoms. The molecule has 0 saturated heterocycles. The third-order valence-electron chi connectivity index (χ3n) is 12.0. The normalized spacial score (nSPS) is 19.3. The molecule has 57 heavy (non-hydrogen) atoms. The number of rotatable bonds is 5. The average Bonchev–Trinajstić information content (AvgIpc) is 3.95. The van der Waals surface area contributed by atoms with Crippen LogP contribution in [0.5, 0.6) is 0 Å². The molecule has 6 heteroatoms. The number of nitrogens with zero attached hydrogens (tertiary/aromatic N) is 2. The van der Waals surface area contributed by atoms with Gasteiger partial charge in [0.05, 0.1) is 11.0 Å². The van der Waals surface area contributed by atoms with Crippen molar-refractivity contribution in [3.8, 4) is 16.8 Å². The summed E-state index contributed by atoms with van der Waals surface area (Å²) in [4.78, 5) is 5.30. The first-order chi connectivity index (χ1) is 28.2. The van der Waals surface area contributed by atoms with Gasteiger partial charge in [-0.15, -0.1) is 22.7 Å². The summed E-state index contributed by atoms with van der Waals surface area (Å²) in [7, 11) is 0. The fourth-order valence-corrected chi connectivity index (χ4v) is 11.5. The predicted molar refractivity (Wildman–Crippen MR) is 244 cm³/mol. The Morgan fingerprint density at radius 1 is 0.614 bits per heavy atom. The Labute approximate surface area is 338 Å². The van der Waals surface area contributed by atoms with Crippen LogP contribution < -0.4 is 20.4 Å². The smallest absolute Gasteiger partial charge is 0.131 e. The van der Waals surface area contributed by atoms with Crippen molar-refractivity contribution in [3.63, 3.8) is 0 Å². The molecule has 2 aliphatic carbocycles. The first-order valence-electron chi connectivity index (χ1n) is 19.9. The van der Waals surface area contributed by atoms with Crippen LogP contribution in [-0.4, -0.2) is 16.6 Å². The maximum absolute atomic E-state index is 5.30. The minimum Gasteiger partial charge on any atom is -0.350 e. The first-order valence-corrected chi connectivity index (χ1v) is 21.6. The molecule has 0 fully saturated rings. The van der Waals surface area contributed by atoms with E-state index in [1.165, 1.54) is 89.8 Å². The lowest BCUT2D eigenvalue weighted by Crippen LogP contribution is -2.51. The molecule has 3 aliphatic rings. The molecule has 6 aromatic carbocycles. The number of benzene rings is 6. The van der Waals surface area contributed by atoms with Crippen molar-refractivity contribution in [2.45, 2.75) is 31.6 Å². The molecule has 0 bridgehead atoms. The van der Waals surface area contributed by atoms with Gasteiger partial charge in [-0.05, 0) is 95.8 Å². The third-order valence-corrected chi connectivity index (χ3v) is 14.3. The van der Waals surface area contributed by atoms with Gasteiger partial charge in [-0.25, -0.2) is 4.99 Å². The molecular formula is C51H38N4S2. The first kappa shape index (κ1) is 33.1. The molecule has 0 saturated carbocycles. The second kappa shape index (κ2) is 13.3. The van der Waals surface area contributed by atoms with Crippen molar-refractivity contribution >= 4 is 92.7 Å². The summed E-state index contributed by atoms with van der Waals surface area (Å²) in [6, 6.07) is 49.3. The zero-order valence-electron chi connectivity index (χ0n) is 31.2. The predicted octanol–water partition coefficient (Wildman–Crippen LogP) is 11.5. The van der Waals surface area contributed by atoms with Gasteiger partial charge in [-0.3, -0.25) is 5.32 Å². The molecule has 3 atom stereocenters. The largest absolute Gasteiger partial charge is 0.350 e. The topological polar surface area (TPSA) is 41.4 Å². The number of nitrogens with one attached hydrogen (secondary N) is 2. The molecule has 4 heterocycles. The Hall–Kier alpha value is -6.05. The van der Waals surface area contributed by atoms with Crippen LogP contribution in [0.15, 0.2) is 162 Å². The van der Waals surface area contributed by atoms with Gasteiger partial charge in [-0.2, -0.15) is 0 Å².